The molecule has 1 aliphatic rings. The molecule has 0 radical (unpaired) electrons. The summed E-state index contributed by atoms with van der Waals surface area (Å²) in [6.45, 7) is 9.33. The van der Waals surface area contributed by atoms with Gasteiger partial charge in [0.1, 0.15) is 10.6 Å². The molecule has 5 rings (SSSR count). The van der Waals surface area contributed by atoms with Crippen LogP contribution in [0.5, 0.6) is 0 Å². The molecule has 1 saturated heterocycles. The average Bonchev–Trinajstić information content (AvgIpc) is 3.35. The molecule has 0 aliphatic carbocycles. The van der Waals surface area contributed by atoms with E-state index in [4.69, 9.17) is 9.97 Å². The van der Waals surface area contributed by atoms with Crippen LogP contribution in [0.2, 0.25) is 0 Å². The van der Waals surface area contributed by atoms with Crippen molar-refractivity contribution in [3.8, 4) is 22.5 Å². The van der Waals surface area contributed by atoms with E-state index in [1.807, 2.05) is 43.1 Å². The Morgan fingerprint density at radius 3 is 2.40 bits per heavy atom. The largest absolute Gasteiger partial charge is 0.353 e. The molecule has 1 aliphatic heterocycles. The van der Waals surface area contributed by atoms with Gasteiger partial charge in [-0.1, -0.05) is 30.3 Å². The van der Waals surface area contributed by atoms with E-state index in [1.165, 1.54) is 5.56 Å². The number of amides is 1. The zero-order valence-electron chi connectivity index (χ0n) is 20.2. The summed E-state index contributed by atoms with van der Waals surface area (Å²) < 4.78 is 0. The van der Waals surface area contributed by atoms with Crippen molar-refractivity contribution in [1.29, 1.82) is 0 Å². The van der Waals surface area contributed by atoms with E-state index >= 15 is 0 Å². The highest BCUT2D eigenvalue weighted by molar-refractivity contribution is 7.17. The zero-order chi connectivity index (χ0) is 24.2. The van der Waals surface area contributed by atoms with E-state index in [9.17, 15) is 4.79 Å². The minimum Gasteiger partial charge on any atom is -0.353 e. The van der Waals surface area contributed by atoms with Crippen LogP contribution < -0.4 is 4.90 Å². The Morgan fingerprint density at radius 2 is 1.71 bits per heavy atom. The molecular formula is C27H30N6OS. The third-order valence-electron chi connectivity index (χ3n) is 6.57. The summed E-state index contributed by atoms with van der Waals surface area (Å²) in [5.41, 5.74) is 3.24. The number of thiophene rings is 1. The fourth-order valence-corrected chi connectivity index (χ4v) is 5.53. The van der Waals surface area contributed by atoms with Gasteiger partial charge in [0.05, 0.1) is 11.9 Å². The van der Waals surface area contributed by atoms with Gasteiger partial charge in [-0.15, -0.1) is 11.3 Å². The van der Waals surface area contributed by atoms with Gasteiger partial charge in [-0.25, -0.2) is 9.97 Å². The summed E-state index contributed by atoms with van der Waals surface area (Å²) in [7, 11) is 0. The van der Waals surface area contributed by atoms with Crippen LogP contribution in [-0.4, -0.2) is 76.5 Å². The van der Waals surface area contributed by atoms with Gasteiger partial charge >= 0.3 is 0 Å². The number of piperazine rings is 1. The second kappa shape index (κ2) is 10.5. The van der Waals surface area contributed by atoms with Crippen molar-refractivity contribution in [2.24, 2.45) is 0 Å². The van der Waals surface area contributed by atoms with Crippen molar-refractivity contribution < 1.29 is 4.79 Å². The average molecular weight is 487 g/mol. The third-order valence-corrected chi connectivity index (χ3v) is 7.44. The first-order valence-electron chi connectivity index (χ1n) is 12.2. The molecule has 4 heterocycles. The van der Waals surface area contributed by atoms with Crippen LogP contribution in [0.4, 0.5) is 5.82 Å². The lowest BCUT2D eigenvalue weighted by Crippen LogP contribution is -2.50. The van der Waals surface area contributed by atoms with E-state index in [2.05, 4.69) is 44.4 Å². The number of hydrogen-bond acceptors (Lipinski definition) is 7. The Bertz CT molecular complexity index is 1280. The zero-order valence-corrected chi connectivity index (χ0v) is 21.0. The summed E-state index contributed by atoms with van der Waals surface area (Å²) in [5.74, 6) is 1.86. The third kappa shape index (κ3) is 4.90. The monoisotopic (exact) mass is 486 g/mol. The quantitative estimate of drug-likeness (QED) is 0.386. The van der Waals surface area contributed by atoms with Crippen molar-refractivity contribution in [3.63, 3.8) is 0 Å². The Kier molecular flexibility index (Phi) is 7.01. The molecule has 1 amide bonds. The molecule has 0 bridgehead atoms. The molecule has 0 atom stereocenters. The van der Waals surface area contributed by atoms with Crippen LogP contribution in [-0.2, 0) is 4.79 Å². The number of benzene rings is 1. The predicted octanol–water partition coefficient (Wildman–Crippen LogP) is 4.41. The van der Waals surface area contributed by atoms with E-state index in [1.54, 1.807) is 17.5 Å². The summed E-state index contributed by atoms with van der Waals surface area (Å²) >= 11 is 1.65. The van der Waals surface area contributed by atoms with Crippen molar-refractivity contribution in [1.82, 2.24) is 24.8 Å². The molecule has 0 unspecified atom stereocenters. The number of carbonyl (C=O) groups is 1. The number of aromatic nitrogens is 3. The molecule has 8 heteroatoms. The number of rotatable bonds is 7. The van der Waals surface area contributed by atoms with Crippen LogP contribution in [0, 0.1) is 0 Å². The van der Waals surface area contributed by atoms with Crippen molar-refractivity contribution in [3.05, 3.63) is 60.2 Å². The predicted molar refractivity (Wildman–Crippen MR) is 143 cm³/mol. The molecular weight excluding hydrogens is 456 g/mol. The standard InChI is InChI=1S/C27H30N6OS/c1-3-32(4-2)23(34)18-31-13-15-33(16-14-31)26-24-22(20-9-6-5-7-10-20)19-35-27(24)30-25(29-26)21-11-8-12-28-17-21/h5-12,17,19H,3-4,13-16,18H2,1-2H3. The maximum atomic E-state index is 12.6. The summed E-state index contributed by atoms with van der Waals surface area (Å²) in [6, 6.07) is 14.4. The van der Waals surface area contributed by atoms with Gasteiger partial charge in [0.25, 0.3) is 0 Å². The molecule has 4 aromatic rings. The maximum absolute atomic E-state index is 12.6. The number of nitrogens with zero attached hydrogens (tertiary/aromatic N) is 6. The fraction of sp³-hybridized carbons (Fsp3) is 0.333. The Morgan fingerprint density at radius 1 is 0.971 bits per heavy atom. The number of carbonyl (C=O) groups excluding carboxylic acids is 1. The van der Waals surface area contributed by atoms with Crippen LogP contribution in [0.25, 0.3) is 32.7 Å². The van der Waals surface area contributed by atoms with Crippen LogP contribution in [0.3, 0.4) is 0 Å². The number of pyridine rings is 1. The van der Waals surface area contributed by atoms with E-state index in [0.29, 0.717) is 12.4 Å². The highest BCUT2D eigenvalue weighted by Crippen LogP contribution is 2.39. The lowest BCUT2D eigenvalue weighted by atomic mass is 10.1. The first-order valence-corrected chi connectivity index (χ1v) is 13.1. The van der Waals surface area contributed by atoms with Gasteiger partial charge in [-0.2, -0.15) is 0 Å². The topological polar surface area (TPSA) is 65.5 Å². The van der Waals surface area contributed by atoms with Gasteiger partial charge < -0.3 is 9.80 Å². The van der Waals surface area contributed by atoms with Crippen molar-refractivity contribution in [2.75, 3.05) is 50.7 Å². The van der Waals surface area contributed by atoms with Crippen LogP contribution in [0.15, 0.2) is 60.2 Å². The SMILES string of the molecule is CCN(CC)C(=O)CN1CCN(c2nc(-c3cccnc3)nc3scc(-c4ccccc4)c23)CC1. The molecule has 35 heavy (non-hydrogen) atoms. The molecule has 0 spiro atoms. The Balaban J connectivity index is 1.47. The molecule has 0 saturated carbocycles. The van der Waals surface area contributed by atoms with Crippen molar-refractivity contribution in [2.45, 2.75) is 13.8 Å². The Hall–Kier alpha value is -3.36. The lowest BCUT2D eigenvalue weighted by Gasteiger charge is -2.36. The van der Waals surface area contributed by atoms with E-state index in [0.717, 1.165) is 66.4 Å². The minimum atomic E-state index is 0.205. The molecule has 1 fully saturated rings. The summed E-state index contributed by atoms with van der Waals surface area (Å²) in [4.78, 5) is 34.4. The smallest absolute Gasteiger partial charge is 0.236 e. The minimum absolute atomic E-state index is 0.205. The van der Waals surface area contributed by atoms with E-state index < -0.39 is 0 Å². The van der Waals surface area contributed by atoms with Gasteiger partial charge in [-0.3, -0.25) is 14.7 Å². The molecule has 3 aromatic heterocycles. The first kappa shape index (κ1) is 23.4. The van der Waals surface area contributed by atoms with Gasteiger partial charge in [0, 0.05) is 68.2 Å². The van der Waals surface area contributed by atoms with Crippen LogP contribution in [0.1, 0.15) is 13.8 Å². The normalized spacial score (nSPS) is 14.4. The first-order chi connectivity index (χ1) is 17.2. The van der Waals surface area contributed by atoms with Crippen LogP contribution >= 0.6 is 11.3 Å². The number of fused-ring (bicyclic) bond motifs is 1. The molecule has 7 nitrogen and oxygen atoms in total. The summed E-state index contributed by atoms with van der Waals surface area (Å²) in [6.07, 6.45) is 3.58. The Labute approximate surface area is 210 Å². The number of likely N-dealkylation sites (N-methyl/N-ethyl adjacent to an activating group) is 1. The molecule has 0 N–H and O–H groups in total. The molecule has 1 aromatic carbocycles. The second-order valence-electron chi connectivity index (χ2n) is 8.64. The highest BCUT2D eigenvalue weighted by atomic mass is 32.1. The molecule has 180 valence electrons. The fourth-order valence-electron chi connectivity index (χ4n) is 4.59. The number of hydrogen-bond donors (Lipinski definition) is 0. The van der Waals surface area contributed by atoms with Gasteiger partial charge in [-0.05, 0) is 31.5 Å². The number of anilines is 1. The maximum Gasteiger partial charge on any atom is 0.236 e. The lowest BCUT2D eigenvalue weighted by molar-refractivity contribution is -0.132. The van der Waals surface area contributed by atoms with E-state index in [-0.39, 0.29) is 5.91 Å². The second-order valence-corrected chi connectivity index (χ2v) is 9.50. The van der Waals surface area contributed by atoms with Crippen molar-refractivity contribution >= 4 is 33.3 Å². The highest BCUT2D eigenvalue weighted by Gasteiger charge is 2.25. The van der Waals surface area contributed by atoms with Gasteiger partial charge in [0.2, 0.25) is 5.91 Å². The van der Waals surface area contributed by atoms with Gasteiger partial charge in [0.15, 0.2) is 5.82 Å². The summed E-state index contributed by atoms with van der Waals surface area (Å²) in [5, 5.41) is 3.28.